The lowest BCUT2D eigenvalue weighted by molar-refractivity contribution is -0.384. The standard InChI is InChI=1S/C13H16NO2/c1-4-6-11-7-8-12(14(15)16)9-13(11)10(3)5-2/h5,7-9H,2,4,6H2,1,3H3. The molecular weight excluding hydrogens is 202 g/mol. The van der Waals surface area contributed by atoms with E-state index < -0.39 is 0 Å². The first-order valence-corrected chi connectivity index (χ1v) is 5.33. The van der Waals surface area contributed by atoms with Crippen LogP contribution in [0.4, 0.5) is 5.69 Å². The van der Waals surface area contributed by atoms with Crippen LogP contribution in [0.1, 0.15) is 31.4 Å². The van der Waals surface area contributed by atoms with Crippen LogP contribution in [0.5, 0.6) is 0 Å². The molecule has 0 saturated carbocycles. The van der Waals surface area contributed by atoms with Gasteiger partial charge in [0, 0.05) is 18.1 Å². The Balaban J connectivity index is 3.20. The number of rotatable bonds is 5. The minimum atomic E-state index is -0.365. The molecule has 0 atom stereocenters. The fourth-order valence-corrected chi connectivity index (χ4v) is 1.64. The molecule has 0 saturated heterocycles. The monoisotopic (exact) mass is 218 g/mol. The molecule has 3 nitrogen and oxygen atoms in total. The zero-order valence-corrected chi connectivity index (χ0v) is 9.69. The molecule has 0 bridgehead atoms. The van der Waals surface area contributed by atoms with Gasteiger partial charge in [-0.05, 0) is 17.5 Å². The molecule has 1 aromatic carbocycles. The van der Waals surface area contributed by atoms with Gasteiger partial charge >= 0.3 is 0 Å². The second-order valence-corrected chi connectivity index (χ2v) is 3.74. The highest BCUT2D eigenvalue weighted by molar-refractivity contribution is 5.48. The van der Waals surface area contributed by atoms with E-state index in [9.17, 15) is 10.1 Å². The van der Waals surface area contributed by atoms with Crippen LogP contribution >= 0.6 is 0 Å². The van der Waals surface area contributed by atoms with Crippen molar-refractivity contribution < 1.29 is 4.92 Å². The zero-order chi connectivity index (χ0) is 12.1. The van der Waals surface area contributed by atoms with Crippen molar-refractivity contribution in [3.05, 3.63) is 58.0 Å². The summed E-state index contributed by atoms with van der Waals surface area (Å²) in [6.07, 6.45) is 3.69. The molecule has 3 heteroatoms. The smallest absolute Gasteiger partial charge is 0.258 e. The van der Waals surface area contributed by atoms with Crippen molar-refractivity contribution in [3.8, 4) is 0 Å². The minimum absolute atomic E-state index is 0.135. The third-order valence-corrected chi connectivity index (χ3v) is 2.55. The summed E-state index contributed by atoms with van der Waals surface area (Å²) in [6.45, 7) is 7.72. The van der Waals surface area contributed by atoms with Crippen LogP contribution in [0, 0.1) is 16.0 Å². The Morgan fingerprint density at radius 2 is 2.25 bits per heavy atom. The predicted octanol–water partition coefficient (Wildman–Crippen LogP) is 3.68. The van der Waals surface area contributed by atoms with Gasteiger partial charge in [0.1, 0.15) is 0 Å². The fourth-order valence-electron chi connectivity index (χ4n) is 1.64. The molecule has 0 aliphatic rings. The Morgan fingerprint density at radius 1 is 1.56 bits per heavy atom. The molecule has 0 N–H and O–H groups in total. The summed E-state index contributed by atoms with van der Waals surface area (Å²) in [5.41, 5.74) is 2.22. The molecule has 85 valence electrons. The summed E-state index contributed by atoms with van der Waals surface area (Å²) >= 11 is 0. The molecule has 0 heterocycles. The van der Waals surface area contributed by atoms with Crippen LogP contribution < -0.4 is 0 Å². The summed E-state index contributed by atoms with van der Waals surface area (Å²) in [5.74, 6) is 0.979. The Kier molecular flexibility index (Phi) is 4.23. The maximum absolute atomic E-state index is 10.7. The van der Waals surface area contributed by atoms with E-state index in [1.54, 1.807) is 18.2 Å². The number of nitro groups is 1. The van der Waals surface area contributed by atoms with Gasteiger partial charge in [-0.2, -0.15) is 0 Å². The number of non-ortho nitro benzene ring substituents is 1. The SMILES string of the molecule is C=C[C](C)c1cc([N+](=O)[O-])ccc1CCC. The fraction of sp³-hybridized carbons (Fsp3) is 0.308. The minimum Gasteiger partial charge on any atom is -0.258 e. The van der Waals surface area contributed by atoms with Crippen LogP contribution in [0.15, 0.2) is 30.9 Å². The first-order valence-electron chi connectivity index (χ1n) is 5.33. The molecule has 16 heavy (non-hydrogen) atoms. The van der Waals surface area contributed by atoms with Crippen LogP contribution in [0.2, 0.25) is 0 Å². The summed E-state index contributed by atoms with van der Waals surface area (Å²) in [7, 11) is 0. The van der Waals surface area contributed by atoms with Crippen molar-refractivity contribution >= 4 is 5.69 Å². The third kappa shape index (κ3) is 2.69. The van der Waals surface area contributed by atoms with Crippen LogP contribution in [-0.4, -0.2) is 4.92 Å². The van der Waals surface area contributed by atoms with Gasteiger partial charge in [-0.1, -0.05) is 32.4 Å². The Morgan fingerprint density at radius 3 is 2.75 bits per heavy atom. The van der Waals surface area contributed by atoms with Gasteiger partial charge in [-0.3, -0.25) is 10.1 Å². The number of aryl methyl sites for hydroxylation is 1. The van der Waals surface area contributed by atoms with Crippen molar-refractivity contribution in [2.75, 3.05) is 0 Å². The zero-order valence-electron chi connectivity index (χ0n) is 9.69. The van der Waals surface area contributed by atoms with E-state index in [0.717, 1.165) is 29.9 Å². The van der Waals surface area contributed by atoms with Crippen molar-refractivity contribution in [2.45, 2.75) is 26.7 Å². The van der Waals surface area contributed by atoms with E-state index in [0.29, 0.717) is 0 Å². The lowest BCUT2D eigenvalue weighted by atomic mass is 9.93. The van der Waals surface area contributed by atoms with E-state index in [2.05, 4.69) is 13.5 Å². The molecule has 0 fully saturated rings. The second kappa shape index (κ2) is 5.45. The molecule has 1 rings (SSSR count). The van der Waals surface area contributed by atoms with Crippen LogP contribution in [0.25, 0.3) is 0 Å². The predicted molar refractivity (Wildman–Crippen MR) is 65.3 cm³/mol. The second-order valence-electron chi connectivity index (χ2n) is 3.74. The van der Waals surface area contributed by atoms with Gasteiger partial charge < -0.3 is 0 Å². The summed E-state index contributed by atoms with van der Waals surface area (Å²) in [5, 5.41) is 10.7. The third-order valence-electron chi connectivity index (χ3n) is 2.55. The lowest BCUT2D eigenvalue weighted by Crippen LogP contribution is -2.00. The molecule has 0 aliphatic carbocycles. The Hall–Kier alpha value is -1.64. The van der Waals surface area contributed by atoms with E-state index in [1.807, 2.05) is 13.0 Å². The molecule has 1 aromatic rings. The van der Waals surface area contributed by atoms with Crippen LogP contribution in [-0.2, 0) is 6.42 Å². The van der Waals surface area contributed by atoms with Crippen molar-refractivity contribution in [3.63, 3.8) is 0 Å². The molecule has 0 aromatic heterocycles. The average molecular weight is 218 g/mol. The van der Waals surface area contributed by atoms with E-state index in [4.69, 9.17) is 0 Å². The van der Waals surface area contributed by atoms with Crippen molar-refractivity contribution in [1.29, 1.82) is 0 Å². The largest absolute Gasteiger partial charge is 0.269 e. The lowest BCUT2D eigenvalue weighted by Gasteiger charge is -2.11. The number of hydrogen-bond donors (Lipinski definition) is 0. The molecule has 0 amide bonds. The number of nitro benzene ring substituents is 1. The first kappa shape index (κ1) is 12.4. The maximum atomic E-state index is 10.7. The maximum Gasteiger partial charge on any atom is 0.269 e. The van der Waals surface area contributed by atoms with Gasteiger partial charge in [0.15, 0.2) is 0 Å². The normalized spacial score (nSPS) is 10.4. The molecule has 0 spiro atoms. The highest BCUT2D eigenvalue weighted by Gasteiger charge is 2.13. The van der Waals surface area contributed by atoms with E-state index in [-0.39, 0.29) is 10.6 Å². The number of allylic oxidation sites excluding steroid dienone is 1. The highest BCUT2D eigenvalue weighted by Crippen LogP contribution is 2.25. The average Bonchev–Trinajstić information content (AvgIpc) is 2.28. The quantitative estimate of drug-likeness (QED) is 0.559. The van der Waals surface area contributed by atoms with Gasteiger partial charge in [0.25, 0.3) is 5.69 Å². The Bertz CT molecular complexity index is 399. The van der Waals surface area contributed by atoms with E-state index in [1.165, 1.54) is 0 Å². The topological polar surface area (TPSA) is 43.1 Å². The van der Waals surface area contributed by atoms with Crippen molar-refractivity contribution in [1.82, 2.24) is 0 Å². The summed E-state index contributed by atoms with van der Waals surface area (Å²) < 4.78 is 0. The molecule has 1 radical (unpaired) electrons. The summed E-state index contributed by atoms with van der Waals surface area (Å²) in [6, 6.07) is 5.02. The van der Waals surface area contributed by atoms with Gasteiger partial charge in [0.05, 0.1) is 4.92 Å². The van der Waals surface area contributed by atoms with Crippen molar-refractivity contribution in [2.24, 2.45) is 0 Å². The number of benzene rings is 1. The molecular formula is C13H16NO2. The number of hydrogen-bond acceptors (Lipinski definition) is 2. The first-order chi connectivity index (χ1) is 7.60. The van der Waals surface area contributed by atoms with Gasteiger partial charge in [-0.25, -0.2) is 0 Å². The molecule has 0 aliphatic heterocycles. The highest BCUT2D eigenvalue weighted by atomic mass is 16.6. The van der Waals surface area contributed by atoms with E-state index >= 15 is 0 Å². The Labute approximate surface area is 95.9 Å². The van der Waals surface area contributed by atoms with Crippen LogP contribution in [0.3, 0.4) is 0 Å². The summed E-state index contributed by atoms with van der Waals surface area (Å²) in [4.78, 5) is 10.3. The molecule has 0 unspecified atom stereocenters. The van der Waals surface area contributed by atoms with Gasteiger partial charge in [0.2, 0.25) is 0 Å². The number of nitrogens with zero attached hydrogens (tertiary/aromatic N) is 1. The van der Waals surface area contributed by atoms with Gasteiger partial charge in [-0.15, -0.1) is 6.58 Å².